The van der Waals surface area contributed by atoms with E-state index in [0.717, 1.165) is 11.3 Å². The maximum atomic E-state index is 14.3. The molecule has 7 N–H and O–H groups in total. The highest BCUT2D eigenvalue weighted by molar-refractivity contribution is 7.15. The molecule has 6 amide bonds. The third kappa shape index (κ3) is 14.4. The van der Waals surface area contributed by atoms with Crippen LogP contribution in [0, 0.1) is 12.8 Å². The van der Waals surface area contributed by atoms with Crippen molar-refractivity contribution in [2.24, 2.45) is 5.92 Å². The molecule has 0 radical (unpaired) electrons. The highest BCUT2D eigenvalue weighted by atomic mass is 32.1. The van der Waals surface area contributed by atoms with Crippen molar-refractivity contribution in [2.45, 2.75) is 83.7 Å². The topological polar surface area (TPSA) is 321 Å². The van der Waals surface area contributed by atoms with Crippen molar-refractivity contribution in [3.63, 3.8) is 0 Å². The summed E-state index contributed by atoms with van der Waals surface area (Å²) in [4.78, 5) is 129. The van der Waals surface area contributed by atoms with Crippen LogP contribution in [0.25, 0.3) is 43.4 Å². The number of hydrogen-bond acceptors (Lipinski definition) is 23. The first-order chi connectivity index (χ1) is 40.0. The van der Waals surface area contributed by atoms with Crippen molar-refractivity contribution < 1.29 is 48.1 Å². The smallest absolute Gasteiger partial charge is 0.305 e. The van der Waals surface area contributed by atoms with Crippen molar-refractivity contribution in [3.05, 3.63) is 111 Å². The molecule has 29 heteroatoms. The van der Waals surface area contributed by atoms with Crippen LogP contribution in [-0.4, -0.2) is 109 Å². The summed E-state index contributed by atoms with van der Waals surface area (Å²) >= 11 is 7.20. The van der Waals surface area contributed by atoms with Crippen molar-refractivity contribution in [1.29, 1.82) is 0 Å². The number of aromatic nitrogens is 7. The van der Waals surface area contributed by atoms with Crippen LogP contribution in [0.4, 0.5) is 5.82 Å². The maximum Gasteiger partial charge on any atom is 0.305 e. The number of nitrogens with zero attached hydrogens (tertiary/aromatic N) is 7. The summed E-state index contributed by atoms with van der Waals surface area (Å²) in [5.41, 5.74) is 2.75. The molecule has 1 aliphatic heterocycles. The van der Waals surface area contributed by atoms with Gasteiger partial charge in [-0.1, -0.05) is 44.2 Å². The first-order valence-corrected chi connectivity index (χ1v) is 31.0. The van der Waals surface area contributed by atoms with Crippen molar-refractivity contribution in [3.8, 4) is 43.4 Å². The third-order valence-corrected chi connectivity index (χ3v) is 18.5. The lowest BCUT2D eigenvalue weighted by atomic mass is 10.0. The number of hydrogen-bond donors (Lipinski definition) is 7. The molecule has 1 aliphatic rings. The van der Waals surface area contributed by atoms with Crippen LogP contribution in [0.5, 0.6) is 0 Å². The normalized spacial score (nSPS) is 16.3. The molecule has 9 rings (SSSR count). The zero-order chi connectivity index (χ0) is 58.9. The summed E-state index contributed by atoms with van der Waals surface area (Å²) in [6, 6.07) is 9.51. The predicted octanol–water partition coefficient (Wildman–Crippen LogP) is 7.98. The molecule has 0 saturated heterocycles. The molecule has 0 fully saturated rings. The standard InChI is InChI=1S/C54H55N13O10S6/c1-25(2)40-54-67-43(34(83-54)20-76-5)47(74)56-19-38(70)64-44(45(72)27-12-8-7-9-13-27)53-61-33(23-80-53)51-59-31(21-79-51)42-28(16-17-29(57-42)50-63-35(24-81-50)62-36(68)14-10-11-15-39(71)77-6)49-60-32(22-78-49)46(73)58-30(18-37(69)55-4)52-66-41(26(3)82-52)48(75)65-40/h7-9,12-13,16-17,21-25,30,40,44-45,72H,10-11,14-15,18-20H2,1-6H3,(H,55,69)(H,56,74)(H,58,73)(H,62,68)(H,64,70)(H,65,75)/t30-,40?,44-,45-/m0/s1. The molecule has 0 aliphatic carbocycles. The summed E-state index contributed by atoms with van der Waals surface area (Å²) in [5.74, 6) is -3.42. The number of carbonyl (C=O) groups excluding carboxylic acids is 7. The fourth-order valence-electron chi connectivity index (χ4n) is 8.50. The molecule has 432 valence electrons. The van der Waals surface area contributed by atoms with Gasteiger partial charge < -0.3 is 46.5 Å². The van der Waals surface area contributed by atoms with E-state index in [1.54, 1.807) is 70.9 Å². The molecule has 1 aromatic carbocycles. The zero-order valence-corrected chi connectivity index (χ0v) is 50.3. The largest absolute Gasteiger partial charge is 0.469 e. The molecular formula is C54H55N13O10S6. The second-order valence-electron chi connectivity index (χ2n) is 19.0. The van der Waals surface area contributed by atoms with Gasteiger partial charge in [0.15, 0.2) is 0 Å². The Morgan fingerprint density at radius 2 is 1.39 bits per heavy atom. The van der Waals surface area contributed by atoms with E-state index in [2.05, 4.69) is 46.9 Å². The van der Waals surface area contributed by atoms with Crippen molar-refractivity contribution in [1.82, 2.24) is 61.5 Å². The average Bonchev–Trinajstić information content (AvgIpc) is 4.32. The van der Waals surface area contributed by atoms with Gasteiger partial charge in [0.2, 0.25) is 17.7 Å². The minimum Gasteiger partial charge on any atom is -0.469 e. The Balaban J connectivity index is 1.10. The number of benzene rings is 1. The van der Waals surface area contributed by atoms with E-state index in [4.69, 9.17) is 29.4 Å². The molecule has 1 unspecified atom stereocenters. The minimum atomic E-state index is -1.28. The minimum absolute atomic E-state index is 0.00165. The molecule has 23 nitrogen and oxygen atoms in total. The molecule has 83 heavy (non-hydrogen) atoms. The van der Waals surface area contributed by atoms with Gasteiger partial charge in [0.1, 0.15) is 82.2 Å². The molecule has 4 atom stereocenters. The highest BCUT2D eigenvalue weighted by Crippen LogP contribution is 2.40. The van der Waals surface area contributed by atoms with Crippen LogP contribution in [0.2, 0.25) is 0 Å². The summed E-state index contributed by atoms with van der Waals surface area (Å²) in [7, 11) is 4.26. The number of aryl methyl sites for hydroxylation is 1. The number of aliphatic hydroxyl groups excluding tert-OH is 1. The molecular weight excluding hydrogens is 1180 g/mol. The second kappa shape index (κ2) is 27.2. The summed E-state index contributed by atoms with van der Waals surface area (Å²) in [6.07, 6.45) is -0.142. The highest BCUT2D eigenvalue weighted by Gasteiger charge is 2.33. The average molecular weight is 1240 g/mol. The maximum absolute atomic E-state index is 14.3. The van der Waals surface area contributed by atoms with E-state index in [1.165, 1.54) is 78.0 Å². The van der Waals surface area contributed by atoms with E-state index in [9.17, 15) is 38.7 Å². The van der Waals surface area contributed by atoms with Gasteiger partial charge in [0.25, 0.3) is 17.7 Å². The molecule has 8 heterocycles. The Morgan fingerprint density at radius 1 is 0.675 bits per heavy atom. The van der Waals surface area contributed by atoms with Crippen LogP contribution in [0.3, 0.4) is 0 Å². The summed E-state index contributed by atoms with van der Waals surface area (Å²) < 4.78 is 10.1. The number of ether oxygens (including phenoxy) is 2. The molecule has 8 aromatic rings. The van der Waals surface area contributed by atoms with Gasteiger partial charge in [-0.15, -0.1) is 68.0 Å². The number of pyridine rings is 1. The predicted molar refractivity (Wildman–Crippen MR) is 316 cm³/mol. The summed E-state index contributed by atoms with van der Waals surface area (Å²) in [6.45, 7) is 4.96. The fourth-order valence-corrected chi connectivity index (χ4v) is 14.0. The van der Waals surface area contributed by atoms with Crippen LogP contribution in [0.1, 0.15) is 132 Å². The van der Waals surface area contributed by atoms with Crippen LogP contribution >= 0.6 is 68.0 Å². The number of esters is 1. The summed E-state index contributed by atoms with van der Waals surface area (Å²) in [5, 5.41) is 38.0. The SMILES string of the molecule is CNC(=O)C[C@@H]1NC(=O)c2csc(n2)-c2ccc(-c3nc(NC(=O)CCCCC(=O)OC)cs3)nc2-c2csc(n2)-c2csc(n2)[C@H]([C@@H](O)c2ccccc2)NC(=O)CNC(=O)c2nc(sc2COC)C(C(C)C)NC(=O)c2nc1sc2C. The molecule has 7 aromatic heterocycles. The van der Waals surface area contributed by atoms with Gasteiger partial charge >= 0.3 is 5.97 Å². The fraction of sp³-hybridized carbons (Fsp3) is 0.333. The van der Waals surface area contributed by atoms with Gasteiger partial charge in [-0.25, -0.2) is 34.9 Å². The number of carbonyl (C=O) groups is 7. The van der Waals surface area contributed by atoms with Crippen LogP contribution < -0.4 is 31.9 Å². The zero-order valence-electron chi connectivity index (χ0n) is 45.4. The van der Waals surface area contributed by atoms with Crippen molar-refractivity contribution >= 4 is 115 Å². The Labute approximate surface area is 499 Å². The number of rotatable bonds is 14. The number of unbranched alkanes of at least 4 members (excludes halogenated alkanes) is 1. The first-order valence-electron chi connectivity index (χ1n) is 25.8. The number of thiazole rings is 6. The monoisotopic (exact) mass is 1240 g/mol. The molecule has 0 saturated carbocycles. The lowest BCUT2D eigenvalue weighted by Crippen LogP contribution is -2.40. The van der Waals surface area contributed by atoms with Crippen LogP contribution in [0.15, 0.2) is 64.0 Å². The van der Waals surface area contributed by atoms with Gasteiger partial charge in [-0.2, -0.15) is 0 Å². The van der Waals surface area contributed by atoms with E-state index in [0.29, 0.717) is 92.4 Å². The molecule has 10 bridgehead atoms. The number of aliphatic hydroxyl groups is 1. The lowest BCUT2D eigenvalue weighted by Gasteiger charge is -2.23. The Morgan fingerprint density at radius 3 is 2.14 bits per heavy atom. The van der Waals surface area contributed by atoms with E-state index >= 15 is 0 Å². The Bertz CT molecular complexity index is 3680. The van der Waals surface area contributed by atoms with E-state index in [1.807, 2.05) is 13.8 Å². The van der Waals surface area contributed by atoms with E-state index < -0.39 is 60.3 Å². The number of anilines is 1. The first kappa shape index (κ1) is 60.0. The van der Waals surface area contributed by atoms with Gasteiger partial charge in [-0.05, 0) is 43.4 Å². The quantitative estimate of drug-likeness (QED) is 0.0401. The Kier molecular flexibility index (Phi) is 19.6. The third-order valence-electron chi connectivity index (χ3n) is 12.8. The number of amides is 6. The number of nitrogens with one attached hydrogen (secondary N) is 6. The molecule has 0 spiro atoms. The van der Waals surface area contributed by atoms with E-state index in [-0.39, 0.29) is 60.7 Å². The second-order valence-corrected chi connectivity index (χ2v) is 24.8. The van der Waals surface area contributed by atoms with Gasteiger partial charge in [0.05, 0.1) is 49.3 Å². The van der Waals surface area contributed by atoms with Gasteiger partial charge in [0, 0.05) is 59.0 Å². The number of fused-ring (bicyclic) bond motifs is 14. The van der Waals surface area contributed by atoms with Crippen LogP contribution in [-0.2, 0) is 35.3 Å². The Hall–Kier alpha value is -7.64. The van der Waals surface area contributed by atoms with Crippen molar-refractivity contribution in [2.75, 3.05) is 33.1 Å². The number of methoxy groups -OCH3 is 2. The lowest BCUT2D eigenvalue weighted by molar-refractivity contribution is -0.140. The van der Waals surface area contributed by atoms with Gasteiger partial charge in [-0.3, -0.25) is 33.6 Å².